The molecule has 142 valence electrons. The zero-order valence-electron chi connectivity index (χ0n) is 14.4. The summed E-state index contributed by atoms with van der Waals surface area (Å²) in [4.78, 5) is 23.3. The van der Waals surface area contributed by atoms with Crippen molar-refractivity contribution in [3.05, 3.63) is 47.0 Å². The average molecular weight is 409 g/mol. The maximum atomic E-state index is 12.6. The van der Waals surface area contributed by atoms with Gasteiger partial charge in [0.2, 0.25) is 5.91 Å². The number of hydrogen-bond donors (Lipinski definition) is 2. The lowest BCUT2D eigenvalue weighted by Crippen LogP contribution is -2.25. The van der Waals surface area contributed by atoms with E-state index in [1.54, 1.807) is 12.1 Å². The van der Waals surface area contributed by atoms with Crippen LogP contribution in [-0.4, -0.2) is 32.6 Å². The number of fused-ring (bicyclic) bond motifs is 1. The van der Waals surface area contributed by atoms with E-state index < -0.39 is 21.5 Å². The Morgan fingerprint density at radius 2 is 2.04 bits per heavy atom. The lowest BCUT2D eigenvalue weighted by atomic mass is 10.2. The molecule has 0 aliphatic carbocycles. The molecular formula is C18H17ClN2O5S. The van der Waals surface area contributed by atoms with E-state index in [4.69, 9.17) is 16.3 Å². The number of aryl methyl sites for hydroxylation is 1. The number of halogens is 1. The van der Waals surface area contributed by atoms with Gasteiger partial charge in [0, 0.05) is 18.2 Å². The first-order valence-electron chi connectivity index (χ1n) is 8.11. The summed E-state index contributed by atoms with van der Waals surface area (Å²) >= 11 is 6.07. The number of sulfone groups is 1. The number of benzene rings is 2. The Hall–Kier alpha value is -2.58. The Balaban J connectivity index is 1.72. The van der Waals surface area contributed by atoms with Crippen LogP contribution in [0.1, 0.15) is 12.0 Å². The van der Waals surface area contributed by atoms with Crippen molar-refractivity contribution in [2.75, 3.05) is 23.0 Å². The van der Waals surface area contributed by atoms with Gasteiger partial charge in [-0.2, -0.15) is 0 Å². The van der Waals surface area contributed by atoms with Gasteiger partial charge >= 0.3 is 0 Å². The number of carbonyl (C=O) groups is 2. The number of nitrogens with one attached hydrogen (secondary N) is 2. The summed E-state index contributed by atoms with van der Waals surface area (Å²) in [5, 5.41) is 5.21. The molecule has 0 bridgehead atoms. The first-order valence-corrected chi connectivity index (χ1v) is 10.1. The number of carbonyl (C=O) groups excluding carboxylic acids is 2. The number of rotatable bonds is 5. The molecule has 0 spiro atoms. The summed E-state index contributed by atoms with van der Waals surface area (Å²) in [7, 11) is -3.82. The van der Waals surface area contributed by atoms with Crippen LogP contribution in [0.5, 0.6) is 5.75 Å². The Morgan fingerprint density at radius 1 is 1.30 bits per heavy atom. The van der Waals surface area contributed by atoms with E-state index in [9.17, 15) is 18.0 Å². The summed E-state index contributed by atoms with van der Waals surface area (Å²) < 4.78 is 30.5. The van der Waals surface area contributed by atoms with E-state index in [-0.39, 0.29) is 34.6 Å². The van der Waals surface area contributed by atoms with Gasteiger partial charge in [-0.1, -0.05) is 29.8 Å². The first-order chi connectivity index (χ1) is 12.8. The highest BCUT2D eigenvalue weighted by Crippen LogP contribution is 2.36. The highest BCUT2D eigenvalue weighted by Gasteiger charge is 2.25. The molecule has 0 radical (unpaired) electrons. The third-order valence-corrected chi connectivity index (χ3v) is 6.19. The predicted octanol–water partition coefficient (Wildman–Crippen LogP) is 2.78. The van der Waals surface area contributed by atoms with Crippen LogP contribution in [-0.2, 0) is 19.4 Å². The average Bonchev–Trinajstić information content (AvgIpc) is 2.61. The second kappa shape index (κ2) is 7.58. The van der Waals surface area contributed by atoms with Crippen molar-refractivity contribution in [2.45, 2.75) is 18.2 Å². The maximum Gasteiger partial charge on any atom is 0.262 e. The van der Waals surface area contributed by atoms with E-state index in [0.29, 0.717) is 11.4 Å². The molecule has 2 amide bonds. The molecule has 7 nitrogen and oxygen atoms in total. The number of amides is 2. The molecule has 3 rings (SSSR count). The van der Waals surface area contributed by atoms with Crippen molar-refractivity contribution >= 4 is 44.6 Å². The van der Waals surface area contributed by atoms with Crippen LogP contribution in [0.2, 0.25) is 5.02 Å². The molecule has 0 saturated carbocycles. The van der Waals surface area contributed by atoms with E-state index in [0.717, 1.165) is 5.56 Å². The van der Waals surface area contributed by atoms with Gasteiger partial charge in [-0.3, -0.25) is 9.59 Å². The van der Waals surface area contributed by atoms with E-state index in [1.807, 2.05) is 19.1 Å². The lowest BCUT2D eigenvalue weighted by molar-refractivity contribution is -0.118. The van der Waals surface area contributed by atoms with Gasteiger partial charge in [-0.15, -0.1) is 0 Å². The smallest absolute Gasteiger partial charge is 0.262 e. The molecule has 1 aliphatic heterocycles. The molecule has 2 aromatic carbocycles. The van der Waals surface area contributed by atoms with Gasteiger partial charge in [0.15, 0.2) is 16.4 Å². The molecule has 2 aromatic rings. The topological polar surface area (TPSA) is 102 Å². The van der Waals surface area contributed by atoms with Gasteiger partial charge in [0.1, 0.15) is 5.75 Å². The fourth-order valence-electron chi connectivity index (χ4n) is 2.58. The summed E-state index contributed by atoms with van der Waals surface area (Å²) in [6.45, 7) is 1.64. The quantitative estimate of drug-likeness (QED) is 0.792. The standard InChI is InChI=1S/C18H17ClN2O5S/c1-11-4-2-3-5-13(11)20-17(22)6-7-27(24,25)16-9-15-14(8-12(16)19)21-18(23)10-26-15/h2-5,8-9H,6-7,10H2,1H3,(H,20,22)(H,21,23). The van der Waals surface area contributed by atoms with Crippen LogP contribution < -0.4 is 15.4 Å². The highest BCUT2D eigenvalue weighted by molar-refractivity contribution is 7.91. The fourth-order valence-corrected chi connectivity index (χ4v) is 4.42. The van der Waals surface area contributed by atoms with Gasteiger partial charge in [-0.05, 0) is 24.6 Å². The number of ether oxygens (including phenoxy) is 1. The number of anilines is 2. The zero-order chi connectivity index (χ0) is 19.6. The number of para-hydroxylation sites is 1. The lowest BCUT2D eigenvalue weighted by Gasteiger charge is -2.19. The monoisotopic (exact) mass is 408 g/mol. The Morgan fingerprint density at radius 3 is 2.78 bits per heavy atom. The molecule has 1 aliphatic rings. The van der Waals surface area contributed by atoms with Crippen molar-refractivity contribution < 1.29 is 22.7 Å². The van der Waals surface area contributed by atoms with Gasteiger partial charge in [-0.25, -0.2) is 8.42 Å². The highest BCUT2D eigenvalue weighted by atomic mass is 35.5. The fraction of sp³-hybridized carbons (Fsp3) is 0.222. The summed E-state index contributed by atoms with van der Waals surface area (Å²) in [5.74, 6) is -0.940. The molecule has 0 saturated heterocycles. The second-order valence-corrected chi connectivity index (χ2v) is 8.53. The van der Waals surface area contributed by atoms with E-state index in [2.05, 4.69) is 10.6 Å². The summed E-state index contributed by atoms with van der Waals surface area (Å²) in [6, 6.07) is 9.81. The SMILES string of the molecule is Cc1ccccc1NC(=O)CCS(=O)(=O)c1cc2c(cc1Cl)NC(=O)CO2. The van der Waals surface area contributed by atoms with Gasteiger partial charge < -0.3 is 15.4 Å². The third-order valence-electron chi connectivity index (χ3n) is 4.02. The first kappa shape index (κ1) is 19.2. The zero-order valence-corrected chi connectivity index (χ0v) is 16.0. The van der Waals surface area contributed by atoms with Crippen LogP contribution in [0.4, 0.5) is 11.4 Å². The van der Waals surface area contributed by atoms with Crippen molar-refractivity contribution in [3.8, 4) is 5.75 Å². The summed E-state index contributed by atoms with van der Waals surface area (Å²) in [5.41, 5.74) is 1.83. The Labute approximate surface area is 161 Å². The minimum atomic E-state index is -3.82. The molecular weight excluding hydrogens is 392 g/mol. The van der Waals surface area contributed by atoms with Crippen LogP contribution in [0, 0.1) is 6.92 Å². The van der Waals surface area contributed by atoms with Crippen molar-refractivity contribution in [2.24, 2.45) is 0 Å². The van der Waals surface area contributed by atoms with Crippen LogP contribution in [0.15, 0.2) is 41.3 Å². The molecule has 0 fully saturated rings. The normalized spacial score (nSPS) is 13.3. The molecule has 9 heteroatoms. The van der Waals surface area contributed by atoms with E-state index in [1.165, 1.54) is 12.1 Å². The van der Waals surface area contributed by atoms with Gasteiger partial charge in [0.25, 0.3) is 5.91 Å². The maximum absolute atomic E-state index is 12.6. The molecule has 1 heterocycles. The van der Waals surface area contributed by atoms with Crippen LogP contribution in [0.3, 0.4) is 0 Å². The van der Waals surface area contributed by atoms with Crippen molar-refractivity contribution in [3.63, 3.8) is 0 Å². The van der Waals surface area contributed by atoms with Crippen LogP contribution >= 0.6 is 11.6 Å². The Kier molecular flexibility index (Phi) is 5.38. The number of hydrogen-bond acceptors (Lipinski definition) is 5. The third kappa shape index (κ3) is 4.40. The van der Waals surface area contributed by atoms with Crippen molar-refractivity contribution in [1.29, 1.82) is 0 Å². The molecule has 27 heavy (non-hydrogen) atoms. The molecule has 2 N–H and O–H groups in total. The van der Waals surface area contributed by atoms with E-state index >= 15 is 0 Å². The molecule has 0 aromatic heterocycles. The minimum absolute atomic E-state index is 0.0427. The molecule has 0 atom stereocenters. The van der Waals surface area contributed by atoms with Crippen molar-refractivity contribution in [1.82, 2.24) is 0 Å². The second-order valence-electron chi connectivity index (χ2n) is 6.05. The largest absolute Gasteiger partial charge is 0.482 e. The predicted molar refractivity (Wildman–Crippen MR) is 102 cm³/mol. The Bertz CT molecular complexity index is 1020. The summed E-state index contributed by atoms with van der Waals surface area (Å²) in [6.07, 6.45) is -0.221. The van der Waals surface area contributed by atoms with Crippen LogP contribution in [0.25, 0.3) is 0 Å². The minimum Gasteiger partial charge on any atom is -0.482 e. The van der Waals surface area contributed by atoms with Gasteiger partial charge in [0.05, 0.1) is 21.4 Å². The molecule has 0 unspecified atom stereocenters.